The highest BCUT2D eigenvalue weighted by Gasteiger charge is 2.20. The Labute approximate surface area is 110 Å². The minimum atomic E-state index is -0.889. The Hall–Kier alpha value is -1.36. The SMILES string of the molecule is CCn1cc(C(=O)C(N)CO)c2cc(Cl)ccc21. The van der Waals surface area contributed by atoms with Crippen molar-refractivity contribution in [2.75, 3.05) is 6.61 Å². The number of aliphatic hydroxyl groups excluding tert-OH is 1. The number of halogens is 1. The zero-order valence-electron chi connectivity index (χ0n) is 10.1. The lowest BCUT2D eigenvalue weighted by molar-refractivity contribution is 0.0927. The molecule has 0 amide bonds. The first-order chi connectivity index (χ1) is 8.58. The van der Waals surface area contributed by atoms with Crippen LogP contribution in [0.25, 0.3) is 10.9 Å². The number of Topliss-reactive ketones (excluding diaryl/α,β-unsaturated/α-hetero) is 1. The molecule has 1 unspecified atom stereocenters. The molecule has 0 saturated heterocycles. The summed E-state index contributed by atoms with van der Waals surface area (Å²) >= 11 is 5.96. The molecule has 18 heavy (non-hydrogen) atoms. The molecule has 4 nitrogen and oxygen atoms in total. The first kappa shape index (κ1) is 13.1. The van der Waals surface area contributed by atoms with E-state index in [9.17, 15) is 4.79 Å². The second-order valence-corrected chi connectivity index (χ2v) is 4.58. The molecule has 0 aliphatic heterocycles. The molecule has 1 atom stereocenters. The highest BCUT2D eigenvalue weighted by molar-refractivity contribution is 6.31. The van der Waals surface area contributed by atoms with Crippen molar-refractivity contribution in [1.29, 1.82) is 0 Å². The molecule has 0 radical (unpaired) electrons. The minimum Gasteiger partial charge on any atom is -0.394 e. The molecule has 0 bridgehead atoms. The molecule has 1 aromatic carbocycles. The van der Waals surface area contributed by atoms with E-state index in [4.69, 9.17) is 22.4 Å². The van der Waals surface area contributed by atoms with Crippen LogP contribution in [0.5, 0.6) is 0 Å². The van der Waals surface area contributed by atoms with E-state index in [1.807, 2.05) is 17.6 Å². The van der Waals surface area contributed by atoms with Crippen LogP contribution in [-0.2, 0) is 6.54 Å². The van der Waals surface area contributed by atoms with Gasteiger partial charge in [0.15, 0.2) is 5.78 Å². The minimum absolute atomic E-state index is 0.267. The summed E-state index contributed by atoms with van der Waals surface area (Å²) in [6.45, 7) is 2.38. The molecule has 1 aromatic heterocycles. The van der Waals surface area contributed by atoms with E-state index < -0.39 is 6.04 Å². The number of benzene rings is 1. The third kappa shape index (κ3) is 2.14. The Kier molecular flexibility index (Phi) is 3.71. The van der Waals surface area contributed by atoms with E-state index in [0.717, 1.165) is 17.4 Å². The normalized spacial score (nSPS) is 12.9. The van der Waals surface area contributed by atoms with Gasteiger partial charge in [-0.2, -0.15) is 0 Å². The molecule has 3 N–H and O–H groups in total. The van der Waals surface area contributed by atoms with Crippen LogP contribution in [0.1, 0.15) is 17.3 Å². The predicted octanol–water partition coefficient (Wildman–Crippen LogP) is 1.82. The largest absolute Gasteiger partial charge is 0.394 e. The van der Waals surface area contributed by atoms with Crippen molar-refractivity contribution in [3.8, 4) is 0 Å². The topological polar surface area (TPSA) is 68.2 Å². The van der Waals surface area contributed by atoms with Crippen molar-refractivity contribution in [1.82, 2.24) is 4.57 Å². The van der Waals surface area contributed by atoms with Crippen molar-refractivity contribution in [3.63, 3.8) is 0 Å². The molecular formula is C13H15ClN2O2. The zero-order chi connectivity index (χ0) is 13.3. The maximum absolute atomic E-state index is 12.1. The highest BCUT2D eigenvalue weighted by atomic mass is 35.5. The number of nitrogens with two attached hydrogens (primary N) is 1. The van der Waals surface area contributed by atoms with Gasteiger partial charge in [-0.05, 0) is 25.1 Å². The molecule has 0 saturated carbocycles. The lowest BCUT2D eigenvalue weighted by Gasteiger charge is -2.05. The van der Waals surface area contributed by atoms with Crippen molar-refractivity contribution < 1.29 is 9.90 Å². The highest BCUT2D eigenvalue weighted by Crippen LogP contribution is 2.25. The molecule has 5 heteroatoms. The number of hydrogen-bond donors (Lipinski definition) is 2. The summed E-state index contributed by atoms with van der Waals surface area (Å²) < 4.78 is 1.96. The van der Waals surface area contributed by atoms with E-state index in [-0.39, 0.29) is 12.4 Å². The van der Waals surface area contributed by atoms with Gasteiger partial charge in [-0.1, -0.05) is 11.6 Å². The number of nitrogens with zero attached hydrogens (tertiary/aromatic N) is 1. The molecule has 0 fully saturated rings. The molecule has 0 aliphatic rings. The molecule has 2 rings (SSSR count). The van der Waals surface area contributed by atoms with Gasteiger partial charge in [0.05, 0.1) is 12.6 Å². The monoisotopic (exact) mass is 266 g/mol. The second kappa shape index (κ2) is 5.10. The van der Waals surface area contributed by atoms with Crippen LogP contribution in [0.15, 0.2) is 24.4 Å². The van der Waals surface area contributed by atoms with Crippen molar-refractivity contribution in [3.05, 3.63) is 35.0 Å². The first-order valence-corrected chi connectivity index (χ1v) is 6.15. The van der Waals surface area contributed by atoms with Crippen molar-refractivity contribution in [2.24, 2.45) is 5.73 Å². The smallest absolute Gasteiger partial charge is 0.184 e. The van der Waals surface area contributed by atoms with Gasteiger partial charge in [-0.25, -0.2) is 0 Å². The van der Waals surface area contributed by atoms with Gasteiger partial charge in [0.25, 0.3) is 0 Å². The van der Waals surface area contributed by atoms with Crippen LogP contribution in [0.3, 0.4) is 0 Å². The molecular weight excluding hydrogens is 252 g/mol. The zero-order valence-corrected chi connectivity index (χ0v) is 10.8. The Morgan fingerprint density at radius 2 is 2.28 bits per heavy atom. The molecule has 2 aromatic rings. The quantitative estimate of drug-likeness (QED) is 0.830. The molecule has 0 aliphatic carbocycles. The summed E-state index contributed by atoms with van der Waals surface area (Å²) in [5.41, 5.74) is 7.04. The van der Waals surface area contributed by atoms with Crippen LogP contribution < -0.4 is 5.73 Å². The number of hydrogen-bond acceptors (Lipinski definition) is 3. The fraction of sp³-hybridized carbons (Fsp3) is 0.308. The summed E-state index contributed by atoms with van der Waals surface area (Å²) in [6.07, 6.45) is 1.76. The van der Waals surface area contributed by atoms with E-state index in [2.05, 4.69) is 0 Å². The van der Waals surface area contributed by atoms with E-state index in [1.54, 1.807) is 18.3 Å². The lowest BCUT2D eigenvalue weighted by atomic mass is 10.0. The summed E-state index contributed by atoms with van der Waals surface area (Å²) in [5, 5.41) is 10.3. The summed E-state index contributed by atoms with van der Waals surface area (Å²) in [5.74, 6) is -0.267. The number of rotatable bonds is 4. The van der Waals surface area contributed by atoms with E-state index in [1.165, 1.54) is 0 Å². The Bertz CT molecular complexity index is 592. The van der Waals surface area contributed by atoms with Gasteiger partial charge in [-0.3, -0.25) is 4.79 Å². The number of aliphatic hydroxyl groups is 1. The molecule has 96 valence electrons. The Balaban J connectivity index is 2.63. The van der Waals surface area contributed by atoms with Gasteiger partial charge >= 0.3 is 0 Å². The predicted molar refractivity (Wildman–Crippen MR) is 72.0 cm³/mol. The number of carbonyl (C=O) groups is 1. The number of aryl methyl sites for hydroxylation is 1. The third-order valence-corrected chi connectivity index (χ3v) is 3.22. The Morgan fingerprint density at radius 3 is 2.89 bits per heavy atom. The van der Waals surface area contributed by atoms with Gasteiger partial charge in [0, 0.05) is 34.2 Å². The second-order valence-electron chi connectivity index (χ2n) is 4.14. The average Bonchev–Trinajstić information content (AvgIpc) is 2.74. The van der Waals surface area contributed by atoms with Crippen molar-refractivity contribution >= 4 is 28.3 Å². The van der Waals surface area contributed by atoms with Gasteiger partial charge in [0.1, 0.15) is 0 Å². The standard InChI is InChI=1S/C13H15ClN2O2/c1-2-16-6-10(13(18)11(15)7-17)9-5-8(14)3-4-12(9)16/h3-6,11,17H,2,7,15H2,1H3. The molecule has 0 spiro atoms. The van der Waals surface area contributed by atoms with Crippen molar-refractivity contribution in [2.45, 2.75) is 19.5 Å². The third-order valence-electron chi connectivity index (χ3n) is 2.98. The lowest BCUT2D eigenvalue weighted by Crippen LogP contribution is -2.33. The maximum atomic E-state index is 12.1. The summed E-state index contributed by atoms with van der Waals surface area (Å²) in [6, 6.07) is 4.53. The van der Waals surface area contributed by atoms with Crippen LogP contribution >= 0.6 is 11.6 Å². The first-order valence-electron chi connectivity index (χ1n) is 5.77. The van der Waals surface area contributed by atoms with Crippen LogP contribution in [0.2, 0.25) is 5.02 Å². The van der Waals surface area contributed by atoms with Gasteiger partial charge in [0.2, 0.25) is 0 Å². The average molecular weight is 267 g/mol. The number of aromatic nitrogens is 1. The van der Waals surface area contributed by atoms with Crippen LogP contribution in [0, 0.1) is 0 Å². The maximum Gasteiger partial charge on any atom is 0.184 e. The van der Waals surface area contributed by atoms with Gasteiger partial charge < -0.3 is 15.4 Å². The van der Waals surface area contributed by atoms with Crippen LogP contribution in [-0.4, -0.2) is 28.1 Å². The fourth-order valence-corrected chi connectivity index (χ4v) is 2.18. The van der Waals surface area contributed by atoms with E-state index >= 15 is 0 Å². The Morgan fingerprint density at radius 1 is 1.56 bits per heavy atom. The fourth-order valence-electron chi connectivity index (χ4n) is 2.01. The summed E-state index contributed by atoms with van der Waals surface area (Å²) in [4.78, 5) is 12.1. The van der Waals surface area contributed by atoms with Gasteiger partial charge in [-0.15, -0.1) is 0 Å². The van der Waals surface area contributed by atoms with E-state index in [0.29, 0.717) is 10.6 Å². The number of carbonyl (C=O) groups excluding carboxylic acids is 1. The number of fused-ring (bicyclic) bond motifs is 1. The summed E-state index contributed by atoms with van der Waals surface area (Å²) in [7, 11) is 0. The van der Waals surface area contributed by atoms with Crippen LogP contribution in [0.4, 0.5) is 0 Å². The molecule has 1 heterocycles. The number of ketones is 1.